The molecule has 0 radical (unpaired) electrons. The zero-order chi connectivity index (χ0) is 19.6. The highest BCUT2D eigenvalue weighted by atomic mass is 16.5. The Labute approximate surface area is 168 Å². The van der Waals surface area contributed by atoms with Crippen LogP contribution in [0.5, 0.6) is 0 Å². The molecule has 8 nitrogen and oxygen atoms in total. The van der Waals surface area contributed by atoms with Crippen LogP contribution in [0.1, 0.15) is 24.7 Å². The van der Waals surface area contributed by atoms with Crippen LogP contribution in [0.15, 0.2) is 53.2 Å². The van der Waals surface area contributed by atoms with Crippen molar-refractivity contribution in [1.29, 1.82) is 0 Å². The summed E-state index contributed by atoms with van der Waals surface area (Å²) < 4.78 is 5.32. The Kier molecular flexibility index (Phi) is 4.59. The van der Waals surface area contributed by atoms with E-state index in [-0.39, 0.29) is 6.03 Å². The summed E-state index contributed by atoms with van der Waals surface area (Å²) >= 11 is 0. The molecule has 1 saturated carbocycles. The van der Waals surface area contributed by atoms with Gasteiger partial charge in [0.1, 0.15) is 5.82 Å². The third-order valence-corrected chi connectivity index (χ3v) is 5.29. The molecule has 148 valence electrons. The molecule has 2 aromatic heterocycles. The predicted octanol–water partition coefficient (Wildman–Crippen LogP) is 3.36. The van der Waals surface area contributed by atoms with Crippen LogP contribution in [0, 0.1) is 0 Å². The smallest absolute Gasteiger partial charge is 0.321 e. The van der Waals surface area contributed by atoms with E-state index in [1.54, 1.807) is 6.20 Å². The van der Waals surface area contributed by atoms with Gasteiger partial charge in [0.2, 0.25) is 11.7 Å². The van der Waals surface area contributed by atoms with E-state index in [1.165, 1.54) is 0 Å². The van der Waals surface area contributed by atoms with Crippen LogP contribution < -0.4 is 10.2 Å². The van der Waals surface area contributed by atoms with E-state index in [2.05, 4.69) is 25.3 Å². The lowest BCUT2D eigenvalue weighted by molar-refractivity contribution is 0.208. The molecule has 0 bridgehead atoms. The van der Waals surface area contributed by atoms with E-state index >= 15 is 0 Å². The second-order valence-corrected chi connectivity index (χ2v) is 7.41. The number of nitrogens with zero attached hydrogens (tertiary/aromatic N) is 5. The molecule has 1 saturated heterocycles. The highest BCUT2D eigenvalue weighted by Gasteiger charge is 2.30. The van der Waals surface area contributed by atoms with Gasteiger partial charge >= 0.3 is 6.03 Å². The lowest BCUT2D eigenvalue weighted by Gasteiger charge is -2.35. The van der Waals surface area contributed by atoms with Crippen molar-refractivity contribution >= 4 is 17.5 Å². The van der Waals surface area contributed by atoms with E-state index < -0.39 is 0 Å². The number of para-hydroxylation sites is 1. The molecule has 3 heterocycles. The van der Waals surface area contributed by atoms with Gasteiger partial charge < -0.3 is 19.6 Å². The van der Waals surface area contributed by atoms with Crippen molar-refractivity contribution in [3.63, 3.8) is 0 Å². The largest absolute Gasteiger partial charge is 0.353 e. The van der Waals surface area contributed by atoms with Gasteiger partial charge in [-0.2, -0.15) is 4.98 Å². The number of urea groups is 1. The summed E-state index contributed by atoms with van der Waals surface area (Å²) in [5, 5.41) is 7.00. The van der Waals surface area contributed by atoms with Crippen LogP contribution in [-0.4, -0.2) is 52.2 Å². The maximum Gasteiger partial charge on any atom is 0.321 e. The Bertz CT molecular complexity index is 976. The first kappa shape index (κ1) is 17.7. The monoisotopic (exact) mass is 390 g/mol. The molecule has 0 unspecified atom stereocenters. The first-order valence-electron chi connectivity index (χ1n) is 9.92. The van der Waals surface area contributed by atoms with Crippen LogP contribution in [0.2, 0.25) is 0 Å². The molecule has 1 N–H and O–H groups in total. The third-order valence-electron chi connectivity index (χ3n) is 5.29. The van der Waals surface area contributed by atoms with Crippen molar-refractivity contribution in [2.24, 2.45) is 0 Å². The van der Waals surface area contributed by atoms with Crippen molar-refractivity contribution < 1.29 is 9.32 Å². The number of pyridine rings is 1. The zero-order valence-electron chi connectivity index (χ0n) is 16.0. The lowest BCUT2D eigenvalue weighted by Crippen LogP contribution is -2.50. The van der Waals surface area contributed by atoms with Gasteiger partial charge in [-0.25, -0.2) is 9.78 Å². The van der Waals surface area contributed by atoms with E-state index in [0.717, 1.165) is 48.9 Å². The Balaban J connectivity index is 1.18. The highest BCUT2D eigenvalue weighted by molar-refractivity contribution is 5.89. The molecule has 0 atom stereocenters. The van der Waals surface area contributed by atoms with Gasteiger partial charge in [0.05, 0.1) is 0 Å². The number of piperazine rings is 1. The van der Waals surface area contributed by atoms with Gasteiger partial charge in [-0.1, -0.05) is 23.4 Å². The first-order valence-corrected chi connectivity index (χ1v) is 9.92. The van der Waals surface area contributed by atoms with Crippen molar-refractivity contribution in [2.75, 3.05) is 36.4 Å². The fraction of sp³-hybridized carbons (Fsp3) is 0.333. The standard InChI is InChI=1S/C21H22N6O2/c28-21(23-17-4-2-1-3-5-17)27-12-10-26(11-13-27)18-9-8-16(14-22-18)19-24-20(29-25-19)15-6-7-15/h1-5,8-9,14-15H,6-7,10-13H2,(H,23,28). The molecule has 2 aliphatic rings. The molecule has 2 amide bonds. The molecule has 2 fully saturated rings. The number of rotatable bonds is 4. The number of aromatic nitrogens is 3. The molecular formula is C21H22N6O2. The van der Waals surface area contributed by atoms with Crippen molar-refractivity contribution in [3.05, 3.63) is 54.6 Å². The third kappa shape index (κ3) is 3.91. The van der Waals surface area contributed by atoms with Gasteiger partial charge in [-0.3, -0.25) is 0 Å². The number of anilines is 2. The second kappa shape index (κ2) is 7.54. The maximum atomic E-state index is 12.4. The molecular weight excluding hydrogens is 368 g/mol. The number of hydrogen-bond acceptors (Lipinski definition) is 6. The fourth-order valence-electron chi connectivity index (χ4n) is 3.42. The number of carbonyl (C=O) groups is 1. The molecule has 5 rings (SSSR count). The first-order chi connectivity index (χ1) is 14.3. The summed E-state index contributed by atoms with van der Waals surface area (Å²) in [5.41, 5.74) is 1.66. The number of carbonyl (C=O) groups excluding carboxylic acids is 1. The topological polar surface area (TPSA) is 87.4 Å². The number of benzene rings is 1. The molecule has 8 heteroatoms. The van der Waals surface area contributed by atoms with E-state index in [4.69, 9.17) is 4.52 Å². The minimum atomic E-state index is -0.0669. The predicted molar refractivity (Wildman–Crippen MR) is 109 cm³/mol. The minimum absolute atomic E-state index is 0.0669. The summed E-state index contributed by atoms with van der Waals surface area (Å²) in [5.74, 6) is 2.66. The quantitative estimate of drug-likeness (QED) is 0.735. The minimum Gasteiger partial charge on any atom is -0.353 e. The van der Waals surface area contributed by atoms with Crippen LogP contribution in [0.3, 0.4) is 0 Å². The summed E-state index contributed by atoms with van der Waals surface area (Å²) in [4.78, 5) is 25.5. The van der Waals surface area contributed by atoms with Crippen LogP contribution in [0.25, 0.3) is 11.4 Å². The number of amides is 2. The summed E-state index contributed by atoms with van der Waals surface area (Å²) in [6.07, 6.45) is 4.05. The summed E-state index contributed by atoms with van der Waals surface area (Å²) in [7, 11) is 0. The van der Waals surface area contributed by atoms with Crippen molar-refractivity contribution in [3.8, 4) is 11.4 Å². The van der Waals surface area contributed by atoms with Crippen LogP contribution in [-0.2, 0) is 0 Å². The SMILES string of the molecule is O=C(Nc1ccccc1)N1CCN(c2ccc(-c3noc(C4CC4)n3)cn2)CC1. The normalized spacial score (nSPS) is 16.7. The average Bonchev–Trinajstić information content (AvgIpc) is 3.51. The van der Waals surface area contributed by atoms with Crippen LogP contribution in [0.4, 0.5) is 16.3 Å². The molecule has 29 heavy (non-hydrogen) atoms. The molecule has 3 aromatic rings. The molecule has 1 aliphatic heterocycles. The summed E-state index contributed by atoms with van der Waals surface area (Å²) in [6, 6.07) is 13.4. The molecule has 1 aliphatic carbocycles. The van der Waals surface area contributed by atoms with Gasteiger partial charge in [0.15, 0.2) is 0 Å². The van der Waals surface area contributed by atoms with Gasteiger partial charge in [-0.05, 0) is 37.1 Å². The van der Waals surface area contributed by atoms with E-state index in [0.29, 0.717) is 24.8 Å². The Morgan fingerprint density at radius 2 is 1.83 bits per heavy atom. The fourth-order valence-corrected chi connectivity index (χ4v) is 3.42. The Hall–Kier alpha value is -3.42. The summed E-state index contributed by atoms with van der Waals surface area (Å²) in [6.45, 7) is 2.78. The van der Waals surface area contributed by atoms with Crippen molar-refractivity contribution in [1.82, 2.24) is 20.0 Å². The Morgan fingerprint density at radius 1 is 1.03 bits per heavy atom. The van der Waals surface area contributed by atoms with Gasteiger partial charge in [-0.15, -0.1) is 0 Å². The number of hydrogen-bond donors (Lipinski definition) is 1. The number of nitrogens with one attached hydrogen (secondary N) is 1. The highest BCUT2D eigenvalue weighted by Crippen LogP contribution is 2.39. The molecule has 1 aromatic carbocycles. The van der Waals surface area contributed by atoms with Crippen molar-refractivity contribution in [2.45, 2.75) is 18.8 Å². The lowest BCUT2D eigenvalue weighted by atomic mass is 10.2. The maximum absolute atomic E-state index is 12.4. The van der Waals surface area contributed by atoms with E-state index in [1.807, 2.05) is 47.4 Å². The zero-order valence-corrected chi connectivity index (χ0v) is 16.0. The second-order valence-electron chi connectivity index (χ2n) is 7.41. The van der Waals surface area contributed by atoms with Crippen LogP contribution >= 0.6 is 0 Å². The van der Waals surface area contributed by atoms with Gasteiger partial charge in [0, 0.05) is 49.5 Å². The van der Waals surface area contributed by atoms with Gasteiger partial charge in [0.25, 0.3) is 0 Å². The average molecular weight is 390 g/mol. The molecule has 0 spiro atoms. The Morgan fingerprint density at radius 3 is 2.52 bits per heavy atom. The van der Waals surface area contributed by atoms with E-state index in [9.17, 15) is 4.79 Å².